The van der Waals surface area contributed by atoms with E-state index in [0.717, 1.165) is 30.6 Å². The summed E-state index contributed by atoms with van der Waals surface area (Å²) in [7, 11) is -2.99. The Morgan fingerprint density at radius 3 is 2.22 bits per heavy atom. The average molecular weight is 410 g/mol. The molecule has 0 bridgehead atoms. The van der Waals surface area contributed by atoms with Crippen molar-refractivity contribution in [2.45, 2.75) is 75.3 Å². The van der Waals surface area contributed by atoms with Gasteiger partial charge in [0, 0.05) is 17.0 Å². The minimum Gasteiger partial charge on any atom is -0.335 e. The first-order valence-electron chi connectivity index (χ1n) is 9.91. The summed E-state index contributed by atoms with van der Waals surface area (Å²) in [6, 6.07) is 8.52. The molecule has 0 aromatic heterocycles. The van der Waals surface area contributed by atoms with E-state index in [1.165, 1.54) is 5.56 Å². The second-order valence-electron chi connectivity index (χ2n) is 8.86. The van der Waals surface area contributed by atoms with E-state index in [4.69, 9.17) is 0 Å². The number of benzene rings is 1. The van der Waals surface area contributed by atoms with Gasteiger partial charge in [-0.25, -0.2) is 8.42 Å². The fourth-order valence-corrected chi connectivity index (χ4v) is 6.63. The van der Waals surface area contributed by atoms with Crippen molar-refractivity contribution >= 4 is 27.5 Å². The molecule has 0 N–H and O–H groups in total. The Balaban J connectivity index is 1.66. The molecular weight excluding hydrogens is 378 g/mol. The molecule has 27 heavy (non-hydrogen) atoms. The third kappa shape index (κ3) is 5.29. The summed E-state index contributed by atoms with van der Waals surface area (Å²) in [4.78, 5) is 16.1. The molecular formula is C21H31NO3S2. The molecule has 1 amide bonds. The number of thioether (sulfide) groups is 1. The van der Waals surface area contributed by atoms with Crippen LogP contribution < -0.4 is 0 Å². The van der Waals surface area contributed by atoms with Crippen LogP contribution in [-0.4, -0.2) is 48.6 Å². The predicted octanol–water partition coefficient (Wildman–Crippen LogP) is 4.03. The lowest BCUT2D eigenvalue weighted by atomic mass is 9.87. The SMILES string of the molecule is CC(C)(C)c1ccc(SCC(=O)N(C2CCCC2)[C@@H]2CCS(=O)(=O)C2)cc1. The highest BCUT2D eigenvalue weighted by Gasteiger charge is 2.38. The molecule has 2 fully saturated rings. The quantitative estimate of drug-likeness (QED) is 0.689. The second-order valence-corrected chi connectivity index (χ2v) is 12.1. The number of amides is 1. The highest BCUT2D eigenvalue weighted by molar-refractivity contribution is 8.00. The lowest BCUT2D eigenvalue weighted by Gasteiger charge is -2.34. The molecule has 0 unspecified atom stereocenters. The summed E-state index contributed by atoms with van der Waals surface area (Å²) < 4.78 is 23.9. The van der Waals surface area contributed by atoms with Crippen LogP contribution in [0.4, 0.5) is 0 Å². The maximum Gasteiger partial charge on any atom is 0.233 e. The number of carbonyl (C=O) groups is 1. The van der Waals surface area contributed by atoms with Gasteiger partial charge in [-0.05, 0) is 42.4 Å². The van der Waals surface area contributed by atoms with Gasteiger partial charge in [-0.15, -0.1) is 11.8 Å². The molecule has 4 nitrogen and oxygen atoms in total. The molecule has 0 radical (unpaired) electrons. The van der Waals surface area contributed by atoms with Gasteiger partial charge in [-0.1, -0.05) is 45.7 Å². The zero-order chi connectivity index (χ0) is 19.7. The molecule has 1 aliphatic carbocycles. The van der Waals surface area contributed by atoms with E-state index in [0.29, 0.717) is 12.2 Å². The molecule has 6 heteroatoms. The van der Waals surface area contributed by atoms with Gasteiger partial charge in [-0.2, -0.15) is 0 Å². The molecule has 1 aromatic rings. The van der Waals surface area contributed by atoms with E-state index >= 15 is 0 Å². The van der Waals surface area contributed by atoms with Crippen molar-refractivity contribution in [2.24, 2.45) is 0 Å². The summed E-state index contributed by atoms with van der Waals surface area (Å²) in [5, 5.41) is 0. The van der Waals surface area contributed by atoms with Crippen molar-refractivity contribution in [3.05, 3.63) is 29.8 Å². The summed E-state index contributed by atoms with van der Waals surface area (Å²) in [6.07, 6.45) is 4.88. The average Bonchev–Trinajstić information content (AvgIpc) is 3.23. The van der Waals surface area contributed by atoms with E-state index in [1.807, 2.05) is 4.90 Å². The maximum absolute atomic E-state index is 13.0. The monoisotopic (exact) mass is 409 g/mol. The zero-order valence-corrected chi connectivity index (χ0v) is 18.2. The predicted molar refractivity (Wildman–Crippen MR) is 112 cm³/mol. The third-order valence-electron chi connectivity index (χ3n) is 5.69. The summed E-state index contributed by atoms with van der Waals surface area (Å²) in [5.74, 6) is 0.825. The number of hydrogen-bond acceptors (Lipinski definition) is 4. The summed E-state index contributed by atoms with van der Waals surface area (Å²) in [6.45, 7) is 6.56. The first-order valence-corrected chi connectivity index (χ1v) is 12.7. The molecule has 1 aliphatic heterocycles. The number of sulfone groups is 1. The van der Waals surface area contributed by atoms with Crippen molar-refractivity contribution in [1.82, 2.24) is 4.90 Å². The Bertz CT molecular complexity index is 760. The van der Waals surface area contributed by atoms with E-state index in [2.05, 4.69) is 45.0 Å². The molecule has 1 saturated carbocycles. The fraction of sp³-hybridized carbons (Fsp3) is 0.667. The van der Waals surface area contributed by atoms with Gasteiger partial charge in [0.05, 0.1) is 17.3 Å². The molecule has 1 atom stereocenters. The van der Waals surface area contributed by atoms with Crippen LogP contribution in [0.15, 0.2) is 29.2 Å². The van der Waals surface area contributed by atoms with Gasteiger partial charge in [-0.3, -0.25) is 4.79 Å². The van der Waals surface area contributed by atoms with E-state index in [1.54, 1.807) is 11.8 Å². The number of rotatable bonds is 5. The second kappa shape index (κ2) is 8.16. The van der Waals surface area contributed by atoms with Crippen LogP contribution in [-0.2, 0) is 20.0 Å². The Hall–Kier alpha value is -1.01. The van der Waals surface area contributed by atoms with Gasteiger partial charge in [0.2, 0.25) is 5.91 Å². The van der Waals surface area contributed by atoms with Crippen LogP contribution in [0, 0.1) is 0 Å². The zero-order valence-electron chi connectivity index (χ0n) is 16.6. The standard InChI is InChI=1S/C21H31NO3S2/c1-21(2,3)16-8-10-19(11-9-16)26-14-20(23)22(17-6-4-5-7-17)18-12-13-27(24,25)15-18/h8-11,17-18H,4-7,12-15H2,1-3H3/t18-/m1/s1. The fourth-order valence-electron chi connectivity index (χ4n) is 4.15. The first kappa shape index (κ1) is 20.7. The molecule has 150 valence electrons. The van der Waals surface area contributed by atoms with Gasteiger partial charge >= 0.3 is 0 Å². The minimum absolute atomic E-state index is 0.0916. The Morgan fingerprint density at radius 1 is 1.07 bits per heavy atom. The Labute approximate surface area is 168 Å². The Kier molecular flexibility index (Phi) is 6.26. The lowest BCUT2D eigenvalue weighted by molar-refractivity contribution is -0.132. The number of nitrogens with zero attached hydrogens (tertiary/aromatic N) is 1. The van der Waals surface area contributed by atoms with Crippen LogP contribution >= 0.6 is 11.8 Å². The van der Waals surface area contributed by atoms with Crippen molar-refractivity contribution in [1.29, 1.82) is 0 Å². The topological polar surface area (TPSA) is 54.5 Å². The minimum atomic E-state index is -2.99. The van der Waals surface area contributed by atoms with Crippen molar-refractivity contribution in [3.63, 3.8) is 0 Å². The number of carbonyl (C=O) groups excluding carboxylic acids is 1. The van der Waals surface area contributed by atoms with Crippen molar-refractivity contribution in [3.8, 4) is 0 Å². The molecule has 0 spiro atoms. The van der Waals surface area contributed by atoms with E-state index in [-0.39, 0.29) is 34.9 Å². The highest BCUT2D eigenvalue weighted by Crippen LogP contribution is 2.31. The highest BCUT2D eigenvalue weighted by atomic mass is 32.2. The maximum atomic E-state index is 13.0. The molecule has 3 rings (SSSR count). The van der Waals surface area contributed by atoms with Crippen LogP contribution in [0.3, 0.4) is 0 Å². The lowest BCUT2D eigenvalue weighted by Crippen LogP contribution is -2.47. The van der Waals surface area contributed by atoms with E-state index < -0.39 is 9.84 Å². The smallest absolute Gasteiger partial charge is 0.233 e. The molecule has 1 saturated heterocycles. The van der Waals surface area contributed by atoms with Crippen LogP contribution in [0.5, 0.6) is 0 Å². The van der Waals surface area contributed by atoms with Gasteiger partial charge in [0.1, 0.15) is 0 Å². The van der Waals surface area contributed by atoms with Gasteiger partial charge in [0.15, 0.2) is 9.84 Å². The summed E-state index contributed by atoms with van der Waals surface area (Å²) >= 11 is 1.55. The number of hydrogen-bond donors (Lipinski definition) is 0. The third-order valence-corrected chi connectivity index (χ3v) is 8.44. The Morgan fingerprint density at radius 2 is 1.70 bits per heavy atom. The first-order chi connectivity index (χ1) is 12.7. The van der Waals surface area contributed by atoms with Crippen molar-refractivity contribution < 1.29 is 13.2 Å². The molecule has 1 aromatic carbocycles. The molecule has 2 aliphatic rings. The largest absolute Gasteiger partial charge is 0.335 e. The van der Waals surface area contributed by atoms with Gasteiger partial charge < -0.3 is 4.90 Å². The van der Waals surface area contributed by atoms with Gasteiger partial charge in [0.25, 0.3) is 0 Å². The molecule has 1 heterocycles. The summed E-state index contributed by atoms with van der Waals surface area (Å²) in [5.41, 5.74) is 1.40. The van der Waals surface area contributed by atoms with Crippen LogP contribution in [0.1, 0.15) is 58.4 Å². The van der Waals surface area contributed by atoms with E-state index in [9.17, 15) is 13.2 Å². The van der Waals surface area contributed by atoms with Crippen molar-refractivity contribution in [2.75, 3.05) is 17.3 Å². The van der Waals surface area contributed by atoms with Crippen LogP contribution in [0.25, 0.3) is 0 Å². The van der Waals surface area contributed by atoms with Crippen LogP contribution in [0.2, 0.25) is 0 Å². The normalized spacial score (nSPS) is 22.9.